The first-order valence-corrected chi connectivity index (χ1v) is 13.2. The minimum absolute atomic E-state index is 0.140. The number of hydrogen-bond acceptors (Lipinski definition) is 7. The van der Waals surface area contributed by atoms with E-state index in [1.54, 1.807) is 50.5 Å². The van der Waals surface area contributed by atoms with Crippen LogP contribution in [-0.4, -0.2) is 47.8 Å². The number of fused-ring (bicyclic) bond motifs is 1. The smallest absolute Gasteiger partial charge is 0.260 e. The standard InChI is InChI=1S/C24H26N4O4S2/c1-17(2)34(30,31)20-7-4-6-18(14-20)23(29)28(12-5-11-27-13-10-25-16-27)24-26-21-9-8-19(32-3)15-22(21)33-24/h4,6-10,13-17H,5,11-12H2,1-3H3. The normalized spacial score (nSPS) is 11.8. The SMILES string of the molecule is COc1ccc2nc(N(CCCn3ccnc3)C(=O)c3cccc(S(=O)(=O)C(C)C)c3)sc2c1. The number of amides is 1. The third-order valence-corrected chi connectivity index (χ3v) is 8.64. The average Bonchev–Trinajstić information content (AvgIpc) is 3.50. The summed E-state index contributed by atoms with van der Waals surface area (Å²) in [5.74, 6) is 0.421. The van der Waals surface area contributed by atoms with E-state index in [9.17, 15) is 13.2 Å². The van der Waals surface area contributed by atoms with E-state index in [1.807, 2.05) is 29.0 Å². The molecule has 0 radical (unpaired) electrons. The van der Waals surface area contributed by atoms with Crippen LogP contribution in [0.4, 0.5) is 5.13 Å². The highest BCUT2D eigenvalue weighted by atomic mass is 32.2. The number of imidazole rings is 1. The molecule has 0 bridgehead atoms. The summed E-state index contributed by atoms with van der Waals surface area (Å²) >= 11 is 1.40. The second-order valence-corrected chi connectivity index (χ2v) is 11.6. The third-order valence-electron chi connectivity index (χ3n) is 5.45. The van der Waals surface area contributed by atoms with Gasteiger partial charge in [0.25, 0.3) is 5.91 Å². The highest BCUT2D eigenvalue weighted by Crippen LogP contribution is 2.32. The van der Waals surface area contributed by atoms with Crippen LogP contribution in [0.1, 0.15) is 30.6 Å². The van der Waals surface area contributed by atoms with Crippen LogP contribution in [0.15, 0.2) is 66.1 Å². The number of carbonyl (C=O) groups excluding carboxylic acids is 1. The number of sulfone groups is 1. The van der Waals surface area contributed by atoms with Crippen molar-refractivity contribution in [3.63, 3.8) is 0 Å². The van der Waals surface area contributed by atoms with Gasteiger partial charge in [-0.25, -0.2) is 18.4 Å². The van der Waals surface area contributed by atoms with Crippen molar-refractivity contribution in [2.45, 2.75) is 37.0 Å². The molecule has 0 unspecified atom stereocenters. The minimum atomic E-state index is -3.51. The summed E-state index contributed by atoms with van der Waals surface area (Å²) in [6.45, 7) is 4.35. The van der Waals surface area contributed by atoms with Crippen LogP contribution >= 0.6 is 11.3 Å². The minimum Gasteiger partial charge on any atom is -0.497 e. The summed E-state index contributed by atoms with van der Waals surface area (Å²) < 4.78 is 33.5. The Hall–Kier alpha value is -3.24. The van der Waals surface area contributed by atoms with Gasteiger partial charge in [-0.2, -0.15) is 0 Å². The zero-order valence-electron chi connectivity index (χ0n) is 19.2. The maximum atomic E-state index is 13.6. The van der Waals surface area contributed by atoms with Crippen LogP contribution in [0.3, 0.4) is 0 Å². The Balaban J connectivity index is 1.68. The van der Waals surface area contributed by atoms with E-state index in [1.165, 1.54) is 23.5 Å². The Morgan fingerprint density at radius 1 is 1.21 bits per heavy atom. The lowest BCUT2D eigenvalue weighted by molar-refractivity contribution is 0.0986. The van der Waals surface area contributed by atoms with E-state index < -0.39 is 15.1 Å². The van der Waals surface area contributed by atoms with E-state index in [2.05, 4.69) is 9.97 Å². The lowest BCUT2D eigenvalue weighted by atomic mass is 10.2. The Morgan fingerprint density at radius 2 is 2.03 bits per heavy atom. The van der Waals surface area contributed by atoms with Crippen LogP contribution in [0.5, 0.6) is 5.75 Å². The Kier molecular flexibility index (Phi) is 6.99. The lowest BCUT2D eigenvalue weighted by Crippen LogP contribution is -2.32. The number of nitrogens with zero attached hydrogens (tertiary/aromatic N) is 4. The monoisotopic (exact) mass is 498 g/mol. The molecule has 4 aromatic rings. The molecule has 0 atom stereocenters. The molecule has 0 aliphatic heterocycles. The van der Waals surface area contributed by atoms with Gasteiger partial charge in [0.05, 0.1) is 33.8 Å². The van der Waals surface area contributed by atoms with Gasteiger partial charge in [-0.15, -0.1) is 0 Å². The van der Waals surface area contributed by atoms with Crippen molar-refractivity contribution in [3.05, 3.63) is 66.7 Å². The van der Waals surface area contributed by atoms with E-state index in [-0.39, 0.29) is 10.8 Å². The molecule has 2 aromatic heterocycles. The molecule has 0 spiro atoms. The molecule has 0 N–H and O–H groups in total. The molecule has 0 aliphatic rings. The second-order valence-electron chi connectivity index (χ2n) is 8.06. The summed E-state index contributed by atoms with van der Waals surface area (Å²) in [5, 5.41) is -0.0284. The van der Waals surface area contributed by atoms with Gasteiger partial charge in [0.15, 0.2) is 15.0 Å². The van der Waals surface area contributed by atoms with Crippen LogP contribution in [0.25, 0.3) is 10.2 Å². The van der Waals surface area contributed by atoms with Crippen LogP contribution in [0, 0.1) is 0 Å². The van der Waals surface area contributed by atoms with Crippen molar-refractivity contribution >= 4 is 42.4 Å². The molecular formula is C24H26N4O4S2. The maximum Gasteiger partial charge on any atom is 0.260 e. The number of aromatic nitrogens is 3. The maximum absolute atomic E-state index is 13.6. The van der Waals surface area contributed by atoms with Gasteiger partial charge < -0.3 is 9.30 Å². The van der Waals surface area contributed by atoms with Crippen LogP contribution < -0.4 is 9.64 Å². The molecule has 2 heterocycles. The topological polar surface area (TPSA) is 94.4 Å². The van der Waals surface area contributed by atoms with Gasteiger partial charge in [0, 0.05) is 31.0 Å². The Labute approximate surface area is 202 Å². The van der Waals surface area contributed by atoms with Crippen molar-refractivity contribution in [3.8, 4) is 5.75 Å². The van der Waals surface area contributed by atoms with Crippen molar-refractivity contribution < 1.29 is 17.9 Å². The largest absolute Gasteiger partial charge is 0.497 e. The summed E-state index contributed by atoms with van der Waals surface area (Å²) in [4.78, 5) is 24.1. The predicted molar refractivity (Wildman–Crippen MR) is 133 cm³/mol. The first-order valence-electron chi connectivity index (χ1n) is 10.9. The lowest BCUT2D eigenvalue weighted by Gasteiger charge is -2.20. The van der Waals surface area contributed by atoms with E-state index in [0.29, 0.717) is 36.0 Å². The highest BCUT2D eigenvalue weighted by Gasteiger charge is 2.24. The zero-order chi connectivity index (χ0) is 24.3. The molecule has 178 valence electrons. The van der Waals surface area contributed by atoms with Gasteiger partial charge in [-0.1, -0.05) is 17.4 Å². The molecule has 4 rings (SSSR count). The number of rotatable bonds is 9. The zero-order valence-corrected chi connectivity index (χ0v) is 20.8. The molecule has 10 heteroatoms. The first-order chi connectivity index (χ1) is 16.3. The van der Waals surface area contributed by atoms with Crippen molar-refractivity contribution in [1.82, 2.24) is 14.5 Å². The quantitative estimate of drug-likeness (QED) is 0.339. The van der Waals surface area contributed by atoms with Crippen LogP contribution in [-0.2, 0) is 16.4 Å². The van der Waals surface area contributed by atoms with E-state index in [4.69, 9.17) is 4.74 Å². The van der Waals surface area contributed by atoms with Gasteiger partial charge in [-0.05, 0) is 56.7 Å². The molecule has 1 amide bonds. The third kappa shape index (κ3) is 4.97. The number of aryl methyl sites for hydroxylation is 1. The fourth-order valence-corrected chi connectivity index (χ4v) is 5.61. The highest BCUT2D eigenvalue weighted by molar-refractivity contribution is 7.92. The van der Waals surface area contributed by atoms with Crippen molar-refractivity contribution in [2.75, 3.05) is 18.6 Å². The van der Waals surface area contributed by atoms with Gasteiger partial charge in [0.2, 0.25) is 0 Å². The Morgan fingerprint density at radius 3 is 2.74 bits per heavy atom. The summed E-state index contributed by atoms with van der Waals surface area (Å²) in [5.41, 5.74) is 1.07. The van der Waals surface area contributed by atoms with Crippen molar-refractivity contribution in [1.29, 1.82) is 0 Å². The summed E-state index contributed by atoms with van der Waals surface area (Å²) in [7, 11) is -1.90. The number of carbonyl (C=O) groups is 1. The van der Waals surface area contributed by atoms with Gasteiger partial charge in [-0.3, -0.25) is 9.69 Å². The molecule has 0 fully saturated rings. The molecular weight excluding hydrogens is 472 g/mol. The molecule has 0 aliphatic carbocycles. The number of hydrogen-bond donors (Lipinski definition) is 0. The molecule has 8 nitrogen and oxygen atoms in total. The van der Waals surface area contributed by atoms with Gasteiger partial charge >= 0.3 is 0 Å². The number of ether oxygens (including phenoxy) is 1. The van der Waals surface area contributed by atoms with Crippen molar-refractivity contribution in [2.24, 2.45) is 0 Å². The molecule has 0 saturated heterocycles. The fraction of sp³-hybridized carbons (Fsp3) is 0.292. The molecule has 0 saturated carbocycles. The van der Waals surface area contributed by atoms with E-state index in [0.717, 1.165) is 10.2 Å². The number of methoxy groups -OCH3 is 1. The van der Waals surface area contributed by atoms with Crippen LogP contribution in [0.2, 0.25) is 0 Å². The van der Waals surface area contributed by atoms with Gasteiger partial charge in [0.1, 0.15) is 5.75 Å². The number of thiazole rings is 1. The molecule has 34 heavy (non-hydrogen) atoms. The summed E-state index contributed by atoms with van der Waals surface area (Å²) in [6, 6.07) is 11.8. The first kappa shape index (κ1) is 23.9. The predicted octanol–water partition coefficient (Wildman–Crippen LogP) is 4.42. The molecule has 2 aromatic carbocycles. The fourth-order valence-electron chi connectivity index (χ4n) is 3.48. The number of anilines is 1. The summed E-state index contributed by atoms with van der Waals surface area (Å²) in [6.07, 6.45) is 5.99. The van der Waals surface area contributed by atoms with E-state index >= 15 is 0 Å². The number of benzene rings is 2. The average molecular weight is 499 g/mol. The Bertz CT molecular complexity index is 1400. The second kappa shape index (κ2) is 9.94.